The topological polar surface area (TPSA) is 55.6 Å². The highest BCUT2D eigenvalue weighted by Gasteiger charge is 2.09. The normalized spacial score (nSPS) is 10.7. The lowest BCUT2D eigenvalue weighted by molar-refractivity contribution is 0.919. The van der Waals surface area contributed by atoms with Crippen molar-refractivity contribution >= 4 is 17.0 Å². The van der Waals surface area contributed by atoms with Crippen LogP contribution >= 0.6 is 11.3 Å². The van der Waals surface area contributed by atoms with E-state index in [0.29, 0.717) is 0 Å². The van der Waals surface area contributed by atoms with Gasteiger partial charge < -0.3 is 9.88 Å². The van der Waals surface area contributed by atoms with Gasteiger partial charge >= 0.3 is 0 Å². The minimum atomic E-state index is 0.764. The van der Waals surface area contributed by atoms with Crippen molar-refractivity contribution in [1.29, 1.82) is 0 Å². The molecule has 20 heavy (non-hydrogen) atoms. The molecule has 0 amide bonds. The Kier molecular flexibility index (Phi) is 3.47. The summed E-state index contributed by atoms with van der Waals surface area (Å²) in [4.78, 5) is 5.49. The molecule has 5 nitrogen and oxygen atoms in total. The van der Waals surface area contributed by atoms with Crippen LogP contribution in [0.3, 0.4) is 0 Å². The molecule has 1 aromatic carbocycles. The fraction of sp³-hybridized carbons (Fsp3) is 0.214. The summed E-state index contributed by atoms with van der Waals surface area (Å²) in [5, 5.41) is 12.6. The molecular formula is C14H15N5S. The van der Waals surface area contributed by atoms with Crippen LogP contribution in [0.25, 0.3) is 11.4 Å². The summed E-state index contributed by atoms with van der Waals surface area (Å²) in [6.07, 6.45) is 3.62. The van der Waals surface area contributed by atoms with Crippen molar-refractivity contribution in [3.63, 3.8) is 0 Å². The number of para-hydroxylation sites is 1. The molecule has 0 radical (unpaired) electrons. The van der Waals surface area contributed by atoms with Crippen molar-refractivity contribution in [2.24, 2.45) is 7.05 Å². The zero-order chi connectivity index (χ0) is 13.9. The van der Waals surface area contributed by atoms with Gasteiger partial charge in [0.25, 0.3) is 0 Å². The minimum Gasteiger partial charge on any atom is -0.379 e. The summed E-state index contributed by atoms with van der Waals surface area (Å²) in [7, 11) is 1.94. The van der Waals surface area contributed by atoms with E-state index in [0.717, 1.165) is 28.6 Å². The number of benzene rings is 1. The summed E-state index contributed by atoms with van der Waals surface area (Å²) in [5.74, 6) is 0.855. The molecule has 2 heterocycles. The van der Waals surface area contributed by atoms with E-state index >= 15 is 0 Å². The van der Waals surface area contributed by atoms with Crippen LogP contribution in [-0.4, -0.2) is 19.7 Å². The standard InChI is InChI=1S/C14H15N5S/c1-10-15-7-11(20-10)8-16-13-6-4-3-5-12(13)14-18-17-9-19(14)2/h3-7,9,16H,8H2,1-2H3. The fourth-order valence-corrected chi connectivity index (χ4v) is 2.76. The summed E-state index contributed by atoms with van der Waals surface area (Å²) in [6.45, 7) is 2.78. The van der Waals surface area contributed by atoms with E-state index < -0.39 is 0 Å². The van der Waals surface area contributed by atoms with Gasteiger partial charge in [0.15, 0.2) is 5.82 Å². The van der Waals surface area contributed by atoms with Gasteiger partial charge in [-0.05, 0) is 19.1 Å². The zero-order valence-electron chi connectivity index (χ0n) is 11.4. The third kappa shape index (κ3) is 2.55. The molecule has 6 heteroatoms. The van der Waals surface area contributed by atoms with Crippen LogP contribution in [0.1, 0.15) is 9.88 Å². The largest absolute Gasteiger partial charge is 0.379 e. The van der Waals surface area contributed by atoms with Gasteiger partial charge in [-0.3, -0.25) is 0 Å². The Hall–Kier alpha value is -2.21. The van der Waals surface area contributed by atoms with Gasteiger partial charge in [-0.15, -0.1) is 21.5 Å². The average Bonchev–Trinajstić information content (AvgIpc) is 3.05. The molecule has 0 bridgehead atoms. The van der Waals surface area contributed by atoms with Crippen LogP contribution < -0.4 is 5.32 Å². The summed E-state index contributed by atoms with van der Waals surface area (Å²) in [5.41, 5.74) is 2.10. The molecule has 0 aliphatic carbocycles. The van der Waals surface area contributed by atoms with Gasteiger partial charge in [0, 0.05) is 29.4 Å². The number of aryl methyl sites for hydroxylation is 2. The summed E-state index contributed by atoms with van der Waals surface area (Å²) in [6, 6.07) is 8.12. The molecule has 0 unspecified atom stereocenters. The smallest absolute Gasteiger partial charge is 0.165 e. The Morgan fingerprint density at radius 1 is 1.30 bits per heavy atom. The second kappa shape index (κ2) is 5.42. The van der Waals surface area contributed by atoms with E-state index in [-0.39, 0.29) is 0 Å². The fourth-order valence-electron chi connectivity index (χ4n) is 2.03. The first-order chi connectivity index (χ1) is 9.74. The van der Waals surface area contributed by atoms with Gasteiger partial charge in [0.05, 0.1) is 11.6 Å². The van der Waals surface area contributed by atoms with Crippen molar-refractivity contribution < 1.29 is 0 Å². The van der Waals surface area contributed by atoms with Gasteiger partial charge in [0.2, 0.25) is 0 Å². The van der Waals surface area contributed by atoms with E-state index in [1.165, 1.54) is 4.88 Å². The number of hydrogen-bond acceptors (Lipinski definition) is 5. The number of aromatic nitrogens is 4. The molecule has 1 N–H and O–H groups in total. The SMILES string of the molecule is Cc1ncc(CNc2ccccc2-c2nncn2C)s1. The molecule has 0 spiro atoms. The van der Waals surface area contributed by atoms with Crippen LogP contribution in [-0.2, 0) is 13.6 Å². The first-order valence-electron chi connectivity index (χ1n) is 6.32. The number of thiazole rings is 1. The Morgan fingerprint density at radius 2 is 2.15 bits per heavy atom. The van der Waals surface area contributed by atoms with E-state index in [1.807, 2.05) is 42.9 Å². The molecule has 0 saturated carbocycles. The number of rotatable bonds is 4. The Bertz CT molecular complexity index is 716. The highest BCUT2D eigenvalue weighted by atomic mass is 32.1. The lowest BCUT2D eigenvalue weighted by Crippen LogP contribution is -2.01. The van der Waals surface area contributed by atoms with Crippen LogP contribution in [0.4, 0.5) is 5.69 Å². The van der Waals surface area contributed by atoms with E-state index in [2.05, 4.69) is 26.6 Å². The first kappa shape index (κ1) is 12.8. The van der Waals surface area contributed by atoms with Gasteiger partial charge in [-0.2, -0.15) is 0 Å². The van der Waals surface area contributed by atoms with Crippen LogP contribution in [0.2, 0.25) is 0 Å². The second-order valence-electron chi connectivity index (χ2n) is 4.51. The molecule has 2 aromatic heterocycles. The minimum absolute atomic E-state index is 0.764. The summed E-state index contributed by atoms with van der Waals surface area (Å²) < 4.78 is 1.91. The first-order valence-corrected chi connectivity index (χ1v) is 7.14. The predicted octanol–water partition coefficient (Wildman–Crippen LogP) is 2.86. The third-order valence-corrected chi connectivity index (χ3v) is 3.91. The number of anilines is 1. The van der Waals surface area contributed by atoms with E-state index in [9.17, 15) is 0 Å². The second-order valence-corrected chi connectivity index (χ2v) is 5.83. The maximum Gasteiger partial charge on any atom is 0.165 e. The highest BCUT2D eigenvalue weighted by Crippen LogP contribution is 2.26. The highest BCUT2D eigenvalue weighted by molar-refractivity contribution is 7.11. The predicted molar refractivity (Wildman–Crippen MR) is 80.6 cm³/mol. The molecule has 0 aliphatic heterocycles. The monoisotopic (exact) mass is 285 g/mol. The molecule has 3 rings (SSSR count). The van der Waals surface area contributed by atoms with Crippen molar-refractivity contribution in [2.45, 2.75) is 13.5 Å². The van der Waals surface area contributed by atoms with Gasteiger partial charge in [-0.25, -0.2) is 4.98 Å². The van der Waals surface area contributed by atoms with E-state index in [1.54, 1.807) is 17.7 Å². The molecule has 0 atom stereocenters. The number of hydrogen-bond donors (Lipinski definition) is 1. The number of nitrogens with one attached hydrogen (secondary N) is 1. The Balaban J connectivity index is 1.85. The van der Waals surface area contributed by atoms with Crippen molar-refractivity contribution in [1.82, 2.24) is 19.7 Å². The zero-order valence-corrected chi connectivity index (χ0v) is 12.2. The average molecular weight is 285 g/mol. The third-order valence-electron chi connectivity index (χ3n) is 3.00. The van der Waals surface area contributed by atoms with Crippen molar-refractivity contribution in [2.75, 3.05) is 5.32 Å². The summed E-state index contributed by atoms with van der Waals surface area (Å²) >= 11 is 1.71. The van der Waals surface area contributed by atoms with Crippen LogP contribution in [0, 0.1) is 6.92 Å². The maximum atomic E-state index is 4.27. The molecule has 0 fully saturated rings. The van der Waals surface area contributed by atoms with Gasteiger partial charge in [-0.1, -0.05) is 12.1 Å². The van der Waals surface area contributed by atoms with Crippen LogP contribution in [0.5, 0.6) is 0 Å². The maximum absolute atomic E-state index is 4.27. The molecule has 3 aromatic rings. The molecule has 0 aliphatic rings. The Morgan fingerprint density at radius 3 is 2.85 bits per heavy atom. The quantitative estimate of drug-likeness (QED) is 0.801. The Labute approximate surface area is 121 Å². The van der Waals surface area contributed by atoms with Crippen molar-refractivity contribution in [3.05, 3.63) is 46.7 Å². The van der Waals surface area contributed by atoms with Crippen LogP contribution in [0.15, 0.2) is 36.8 Å². The van der Waals surface area contributed by atoms with E-state index in [4.69, 9.17) is 0 Å². The molecule has 0 saturated heterocycles. The number of nitrogens with zero attached hydrogens (tertiary/aromatic N) is 4. The molecular weight excluding hydrogens is 270 g/mol. The van der Waals surface area contributed by atoms with Gasteiger partial charge in [0.1, 0.15) is 6.33 Å². The molecule has 102 valence electrons. The lowest BCUT2D eigenvalue weighted by Gasteiger charge is -2.10. The lowest BCUT2D eigenvalue weighted by atomic mass is 10.1. The van der Waals surface area contributed by atoms with Crippen molar-refractivity contribution in [3.8, 4) is 11.4 Å².